The fourth-order valence-electron chi connectivity index (χ4n) is 0.915. The van der Waals surface area contributed by atoms with Crippen LogP contribution in [0.15, 0.2) is 24.8 Å². The van der Waals surface area contributed by atoms with Gasteiger partial charge >= 0.3 is 5.97 Å². The summed E-state index contributed by atoms with van der Waals surface area (Å²) in [5.74, 6) is -1.64. The molecular formula is C9H10IrN3O3-. The van der Waals surface area contributed by atoms with E-state index in [1.807, 2.05) is 0 Å². The summed E-state index contributed by atoms with van der Waals surface area (Å²) in [4.78, 5) is 29.1. The second-order valence-electron chi connectivity index (χ2n) is 2.85. The zero-order chi connectivity index (χ0) is 11.3. The minimum absolute atomic E-state index is 0. The van der Waals surface area contributed by atoms with Crippen molar-refractivity contribution in [1.29, 1.82) is 0 Å². The molecule has 1 rings (SSSR count). The molecule has 0 saturated heterocycles. The molecular weight excluding hydrogens is 390 g/mol. The monoisotopic (exact) mass is 401 g/mol. The minimum Gasteiger partial charge on any atom is -0.477 e. The first-order chi connectivity index (χ1) is 7.09. The van der Waals surface area contributed by atoms with Crippen LogP contribution in [0.25, 0.3) is 0 Å². The van der Waals surface area contributed by atoms with Gasteiger partial charge in [-0.25, -0.2) is 4.79 Å². The second kappa shape index (κ2) is 6.92. The predicted octanol–water partition coefficient (Wildman–Crippen LogP) is -0.317. The maximum absolute atomic E-state index is 11.2. The summed E-state index contributed by atoms with van der Waals surface area (Å²) in [6.07, 6.45) is 3.53. The van der Waals surface area contributed by atoms with E-state index in [1.165, 1.54) is 6.33 Å². The van der Waals surface area contributed by atoms with Crippen LogP contribution in [0.4, 0.5) is 0 Å². The van der Waals surface area contributed by atoms with Gasteiger partial charge in [0.25, 0.3) is 0 Å². The van der Waals surface area contributed by atoms with E-state index in [4.69, 9.17) is 5.11 Å². The van der Waals surface area contributed by atoms with Gasteiger partial charge in [0.2, 0.25) is 5.91 Å². The Morgan fingerprint density at radius 2 is 2.25 bits per heavy atom. The van der Waals surface area contributed by atoms with Gasteiger partial charge in [0, 0.05) is 26.5 Å². The van der Waals surface area contributed by atoms with Crippen LogP contribution in [0.3, 0.4) is 0 Å². The minimum atomic E-state index is -1.24. The van der Waals surface area contributed by atoms with Crippen molar-refractivity contribution in [3.05, 3.63) is 30.5 Å². The number of hydrogen-bond donors (Lipinski definition) is 2. The van der Waals surface area contributed by atoms with Gasteiger partial charge in [-0.2, -0.15) is 0 Å². The molecule has 0 bridgehead atoms. The number of carbonyl (C=O) groups excluding carboxylic acids is 1. The van der Waals surface area contributed by atoms with Gasteiger partial charge in [-0.05, 0) is 6.42 Å². The maximum atomic E-state index is 11.2. The standard InChI is InChI=1S/C9H11N3O3.Ir/c1-6(9(14)15)12-8(13)3-2-7-4-10-5-11-7;/h4-5H,1-3H2,(H3,10,11,12,13,14,15);/p-1. The summed E-state index contributed by atoms with van der Waals surface area (Å²) in [6.45, 7) is 3.18. The fraction of sp³-hybridized carbons (Fsp3) is 0.222. The van der Waals surface area contributed by atoms with E-state index in [0.717, 1.165) is 0 Å². The third kappa shape index (κ3) is 4.86. The molecule has 0 fully saturated rings. The quantitative estimate of drug-likeness (QED) is 0.661. The van der Waals surface area contributed by atoms with Gasteiger partial charge < -0.3 is 20.4 Å². The zero-order valence-electron chi connectivity index (χ0n) is 8.27. The Hall–Kier alpha value is -1.46. The van der Waals surface area contributed by atoms with E-state index in [2.05, 4.69) is 21.9 Å². The largest absolute Gasteiger partial charge is 0.477 e. The van der Waals surface area contributed by atoms with E-state index in [-0.39, 0.29) is 32.2 Å². The molecule has 0 aliphatic heterocycles. The summed E-state index contributed by atoms with van der Waals surface area (Å²) in [5, 5.41) is 10.6. The molecule has 89 valence electrons. The Morgan fingerprint density at radius 1 is 1.56 bits per heavy atom. The van der Waals surface area contributed by atoms with E-state index < -0.39 is 11.9 Å². The molecule has 0 aromatic carbocycles. The molecule has 16 heavy (non-hydrogen) atoms. The van der Waals surface area contributed by atoms with Gasteiger partial charge in [-0.15, -0.1) is 0 Å². The van der Waals surface area contributed by atoms with E-state index in [9.17, 15) is 9.59 Å². The second-order valence-corrected chi connectivity index (χ2v) is 2.85. The maximum Gasteiger partial charge on any atom is 0.351 e. The molecule has 1 heterocycles. The van der Waals surface area contributed by atoms with E-state index in [0.29, 0.717) is 12.1 Å². The Labute approximate surface area is 106 Å². The number of aryl methyl sites for hydroxylation is 1. The van der Waals surface area contributed by atoms with E-state index >= 15 is 0 Å². The molecule has 1 aromatic heterocycles. The average Bonchev–Trinajstić information content (AvgIpc) is 2.66. The van der Waals surface area contributed by atoms with Gasteiger partial charge in [-0.1, -0.05) is 24.8 Å². The molecule has 1 aromatic rings. The number of nitrogens with one attached hydrogen (secondary N) is 1. The van der Waals surface area contributed by atoms with Crippen molar-refractivity contribution < 1.29 is 34.8 Å². The van der Waals surface area contributed by atoms with Crippen molar-refractivity contribution in [2.24, 2.45) is 0 Å². The number of amides is 1. The van der Waals surface area contributed by atoms with Crippen LogP contribution < -0.4 is 10.3 Å². The van der Waals surface area contributed by atoms with Gasteiger partial charge in [0.15, 0.2) is 0 Å². The number of carboxylic acid groups (broad SMARTS) is 1. The van der Waals surface area contributed by atoms with Crippen LogP contribution in [0, 0.1) is 0 Å². The first kappa shape index (κ1) is 14.5. The summed E-state index contributed by atoms with van der Waals surface area (Å²) in [5.41, 5.74) is 0.375. The summed E-state index contributed by atoms with van der Waals surface area (Å²) >= 11 is 0. The van der Waals surface area contributed by atoms with Gasteiger partial charge in [-0.3, -0.25) is 4.79 Å². The van der Waals surface area contributed by atoms with Crippen LogP contribution >= 0.6 is 0 Å². The van der Waals surface area contributed by atoms with Crippen LogP contribution in [-0.4, -0.2) is 22.0 Å². The van der Waals surface area contributed by atoms with Crippen LogP contribution in [0.2, 0.25) is 0 Å². The van der Waals surface area contributed by atoms with Crippen LogP contribution in [0.1, 0.15) is 12.1 Å². The van der Waals surface area contributed by atoms with Gasteiger partial charge in [0.05, 0.1) is 0 Å². The average molecular weight is 400 g/mol. The molecule has 0 aliphatic carbocycles. The molecule has 0 spiro atoms. The molecule has 1 radical (unpaired) electrons. The SMILES string of the molecule is C=C(NC(=O)CCc1cnc[n-]1)C(=O)O.[Ir]. The molecule has 0 atom stereocenters. The fourth-order valence-corrected chi connectivity index (χ4v) is 0.915. The van der Waals surface area contributed by atoms with Crippen molar-refractivity contribution in [3.8, 4) is 0 Å². The Balaban J connectivity index is 0.00000225. The zero-order valence-corrected chi connectivity index (χ0v) is 10.7. The smallest absolute Gasteiger partial charge is 0.351 e. The normalized spacial score (nSPS) is 9.00. The van der Waals surface area contributed by atoms with Crippen molar-refractivity contribution >= 4 is 11.9 Å². The van der Waals surface area contributed by atoms with Crippen molar-refractivity contribution in [1.82, 2.24) is 15.3 Å². The Morgan fingerprint density at radius 3 is 2.75 bits per heavy atom. The number of hydrogen-bond acceptors (Lipinski definition) is 3. The number of carbonyl (C=O) groups is 2. The molecule has 6 nitrogen and oxygen atoms in total. The molecule has 1 amide bonds. The van der Waals surface area contributed by atoms with Crippen molar-refractivity contribution in [3.63, 3.8) is 0 Å². The topological polar surface area (TPSA) is 93.4 Å². The van der Waals surface area contributed by atoms with Gasteiger partial charge in [0.1, 0.15) is 5.70 Å². The summed E-state index contributed by atoms with van der Waals surface area (Å²) < 4.78 is 0. The number of carboxylic acids is 1. The molecule has 7 heteroatoms. The number of aromatic nitrogens is 2. The Kier molecular flexibility index (Phi) is 6.29. The summed E-state index contributed by atoms with van der Waals surface area (Å²) in [7, 11) is 0. The number of aliphatic carboxylic acids is 1. The molecule has 0 unspecified atom stereocenters. The first-order valence-corrected chi connectivity index (χ1v) is 4.23. The third-order valence-electron chi connectivity index (χ3n) is 1.67. The summed E-state index contributed by atoms with van der Waals surface area (Å²) in [6, 6.07) is 0. The van der Waals surface area contributed by atoms with Crippen molar-refractivity contribution in [2.75, 3.05) is 0 Å². The van der Waals surface area contributed by atoms with Crippen molar-refractivity contribution in [2.45, 2.75) is 12.8 Å². The number of nitrogens with zero attached hydrogens (tertiary/aromatic N) is 2. The van der Waals surface area contributed by atoms with E-state index in [1.54, 1.807) is 6.20 Å². The van der Waals surface area contributed by atoms with Crippen LogP contribution in [0.5, 0.6) is 0 Å². The van der Waals surface area contributed by atoms with Crippen LogP contribution in [-0.2, 0) is 36.1 Å². The molecule has 0 saturated carbocycles. The first-order valence-electron chi connectivity index (χ1n) is 4.23. The third-order valence-corrected chi connectivity index (χ3v) is 1.67. The Bertz CT molecular complexity index is 375. The predicted molar refractivity (Wildman–Crippen MR) is 50.8 cm³/mol. The molecule has 2 N–H and O–H groups in total. The molecule has 0 aliphatic rings. The number of rotatable bonds is 5. The number of imidazole rings is 1.